The van der Waals surface area contributed by atoms with Gasteiger partial charge in [-0.3, -0.25) is 14.6 Å². The molecule has 2 aromatic rings. The molecular formula is C19H24N4O3. The second kappa shape index (κ2) is 8.60. The molecule has 7 heteroatoms. The maximum atomic E-state index is 12.5. The van der Waals surface area contributed by atoms with E-state index in [0.29, 0.717) is 38.2 Å². The number of aromatic nitrogens is 2. The lowest BCUT2D eigenvalue weighted by atomic mass is 9.96. The van der Waals surface area contributed by atoms with Gasteiger partial charge in [0.25, 0.3) is 0 Å². The molecular weight excluding hydrogens is 332 g/mol. The summed E-state index contributed by atoms with van der Waals surface area (Å²) in [5.74, 6) is 0.449. The molecule has 0 bridgehead atoms. The van der Waals surface area contributed by atoms with Crippen LogP contribution in [0.5, 0.6) is 0 Å². The van der Waals surface area contributed by atoms with E-state index in [-0.39, 0.29) is 17.7 Å². The maximum Gasteiger partial charge on any atom is 0.225 e. The van der Waals surface area contributed by atoms with E-state index in [1.807, 2.05) is 24.3 Å². The minimum atomic E-state index is -0.213. The summed E-state index contributed by atoms with van der Waals surface area (Å²) in [4.78, 5) is 30.6. The van der Waals surface area contributed by atoms with Gasteiger partial charge in [-0.05, 0) is 25.0 Å². The Bertz CT molecular complexity index is 744. The van der Waals surface area contributed by atoms with Gasteiger partial charge in [0.05, 0.1) is 30.4 Å². The Kier molecular flexibility index (Phi) is 5.99. The Labute approximate surface area is 152 Å². The summed E-state index contributed by atoms with van der Waals surface area (Å²) in [7, 11) is 0. The van der Waals surface area contributed by atoms with E-state index in [1.54, 1.807) is 11.1 Å². The van der Waals surface area contributed by atoms with Crippen molar-refractivity contribution in [1.82, 2.24) is 20.4 Å². The van der Waals surface area contributed by atoms with E-state index >= 15 is 0 Å². The predicted molar refractivity (Wildman–Crippen MR) is 94.7 cm³/mol. The summed E-state index contributed by atoms with van der Waals surface area (Å²) in [5, 5.41) is 6.88. The topological polar surface area (TPSA) is 88.3 Å². The van der Waals surface area contributed by atoms with Gasteiger partial charge >= 0.3 is 0 Å². The molecule has 2 amide bonds. The van der Waals surface area contributed by atoms with Crippen molar-refractivity contribution >= 4 is 11.8 Å². The lowest BCUT2D eigenvalue weighted by Crippen LogP contribution is -2.45. The molecule has 1 N–H and O–H groups in total. The number of pyridine rings is 1. The summed E-state index contributed by atoms with van der Waals surface area (Å²) in [5.41, 5.74) is 1.73. The van der Waals surface area contributed by atoms with Gasteiger partial charge in [-0.25, -0.2) is 0 Å². The number of amides is 2. The monoisotopic (exact) mass is 356 g/mol. The molecule has 1 aliphatic rings. The van der Waals surface area contributed by atoms with E-state index in [9.17, 15) is 9.59 Å². The fourth-order valence-electron chi connectivity index (χ4n) is 3.10. The van der Waals surface area contributed by atoms with Gasteiger partial charge in [-0.1, -0.05) is 24.6 Å². The molecule has 2 aromatic heterocycles. The first-order chi connectivity index (χ1) is 12.7. The van der Waals surface area contributed by atoms with Crippen molar-refractivity contribution in [3.63, 3.8) is 0 Å². The van der Waals surface area contributed by atoms with Crippen LogP contribution in [0.15, 0.2) is 35.0 Å². The molecule has 0 aromatic carbocycles. The third-order valence-corrected chi connectivity index (χ3v) is 4.50. The molecule has 1 fully saturated rings. The summed E-state index contributed by atoms with van der Waals surface area (Å²) < 4.78 is 5.23. The van der Waals surface area contributed by atoms with Crippen molar-refractivity contribution in [2.24, 2.45) is 5.92 Å². The number of aryl methyl sites for hydroxylation is 1. The highest BCUT2D eigenvalue weighted by Crippen LogP contribution is 2.20. The van der Waals surface area contributed by atoms with Gasteiger partial charge in [-0.2, -0.15) is 0 Å². The number of carbonyl (C=O) groups is 2. The standard InChI is InChI=1S/C19H24N4O3/c1-2-5-15-10-17(26-22-15)11-21-19(25)14-7-8-18(24)23(12-14)13-16-6-3-4-9-20-16/h3-4,6,9-10,14H,2,5,7-8,11-13H2,1H3,(H,21,25)/t14-/m1/s1. The average Bonchev–Trinajstić information content (AvgIpc) is 3.10. The zero-order valence-corrected chi connectivity index (χ0v) is 15.0. The van der Waals surface area contributed by atoms with Crippen LogP contribution in [0.1, 0.15) is 43.3 Å². The van der Waals surface area contributed by atoms with Gasteiger partial charge in [-0.15, -0.1) is 0 Å². The smallest absolute Gasteiger partial charge is 0.225 e. The third kappa shape index (κ3) is 4.68. The lowest BCUT2D eigenvalue weighted by molar-refractivity contribution is -0.139. The highest BCUT2D eigenvalue weighted by molar-refractivity contribution is 5.83. The Morgan fingerprint density at radius 3 is 3.04 bits per heavy atom. The molecule has 1 saturated heterocycles. The van der Waals surface area contributed by atoms with E-state index in [2.05, 4.69) is 22.4 Å². The van der Waals surface area contributed by atoms with Gasteiger partial charge in [0, 0.05) is 25.2 Å². The summed E-state index contributed by atoms with van der Waals surface area (Å²) in [6.07, 6.45) is 4.53. The zero-order chi connectivity index (χ0) is 18.4. The van der Waals surface area contributed by atoms with Gasteiger partial charge in [0.1, 0.15) is 0 Å². The van der Waals surface area contributed by atoms with Crippen LogP contribution >= 0.6 is 0 Å². The Morgan fingerprint density at radius 2 is 2.27 bits per heavy atom. The molecule has 138 valence electrons. The number of hydrogen-bond donors (Lipinski definition) is 1. The number of nitrogens with one attached hydrogen (secondary N) is 1. The van der Waals surface area contributed by atoms with Crippen LogP contribution in [0.3, 0.4) is 0 Å². The fraction of sp³-hybridized carbons (Fsp3) is 0.474. The third-order valence-electron chi connectivity index (χ3n) is 4.50. The van der Waals surface area contributed by atoms with Crippen LogP contribution in [0.2, 0.25) is 0 Å². The molecule has 0 spiro atoms. The minimum Gasteiger partial charge on any atom is -0.359 e. The molecule has 1 aliphatic heterocycles. The quantitative estimate of drug-likeness (QED) is 0.820. The summed E-state index contributed by atoms with van der Waals surface area (Å²) >= 11 is 0. The van der Waals surface area contributed by atoms with Crippen molar-refractivity contribution in [2.45, 2.75) is 45.7 Å². The molecule has 3 heterocycles. The van der Waals surface area contributed by atoms with Crippen molar-refractivity contribution in [3.8, 4) is 0 Å². The highest BCUT2D eigenvalue weighted by atomic mass is 16.5. The lowest BCUT2D eigenvalue weighted by Gasteiger charge is -2.31. The molecule has 3 rings (SSSR count). The Morgan fingerprint density at radius 1 is 1.38 bits per heavy atom. The number of carbonyl (C=O) groups excluding carboxylic acids is 2. The Hall–Kier alpha value is -2.70. The summed E-state index contributed by atoms with van der Waals surface area (Å²) in [6, 6.07) is 7.49. The van der Waals surface area contributed by atoms with Crippen molar-refractivity contribution < 1.29 is 14.1 Å². The molecule has 0 unspecified atom stereocenters. The van der Waals surface area contributed by atoms with Crippen molar-refractivity contribution in [1.29, 1.82) is 0 Å². The van der Waals surface area contributed by atoms with Crippen LogP contribution in [0.25, 0.3) is 0 Å². The molecule has 1 atom stereocenters. The number of piperidine rings is 1. The number of likely N-dealkylation sites (tertiary alicyclic amines) is 1. The second-order valence-electron chi connectivity index (χ2n) is 6.58. The first kappa shape index (κ1) is 18.1. The number of nitrogens with zero attached hydrogens (tertiary/aromatic N) is 3. The van der Waals surface area contributed by atoms with Crippen LogP contribution in [0.4, 0.5) is 0 Å². The number of hydrogen-bond acceptors (Lipinski definition) is 5. The normalized spacial score (nSPS) is 17.3. The Balaban J connectivity index is 1.52. The first-order valence-corrected chi connectivity index (χ1v) is 9.05. The highest BCUT2D eigenvalue weighted by Gasteiger charge is 2.30. The SMILES string of the molecule is CCCc1cc(CNC(=O)[C@@H]2CCC(=O)N(Cc3ccccn3)C2)on1. The van der Waals surface area contributed by atoms with Crippen molar-refractivity contribution in [2.75, 3.05) is 6.54 Å². The minimum absolute atomic E-state index is 0.0584. The fourth-order valence-corrected chi connectivity index (χ4v) is 3.10. The van der Waals surface area contributed by atoms with E-state index in [0.717, 1.165) is 24.2 Å². The van der Waals surface area contributed by atoms with Crippen LogP contribution < -0.4 is 5.32 Å². The van der Waals surface area contributed by atoms with E-state index in [4.69, 9.17) is 4.52 Å². The maximum absolute atomic E-state index is 12.5. The predicted octanol–water partition coefficient (Wildman–Crippen LogP) is 2.08. The van der Waals surface area contributed by atoms with Gasteiger partial charge in [0.15, 0.2) is 5.76 Å². The second-order valence-corrected chi connectivity index (χ2v) is 6.58. The zero-order valence-electron chi connectivity index (χ0n) is 15.0. The summed E-state index contributed by atoms with van der Waals surface area (Å²) in [6.45, 7) is 3.25. The van der Waals surface area contributed by atoms with E-state index in [1.165, 1.54) is 0 Å². The molecule has 0 radical (unpaired) electrons. The van der Waals surface area contributed by atoms with Crippen LogP contribution in [-0.2, 0) is 29.1 Å². The molecule has 0 saturated carbocycles. The van der Waals surface area contributed by atoms with Gasteiger partial charge < -0.3 is 14.7 Å². The molecule has 0 aliphatic carbocycles. The van der Waals surface area contributed by atoms with E-state index < -0.39 is 0 Å². The molecule has 7 nitrogen and oxygen atoms in total. The van der Waals surface area contributed by atoms with Crippen molar-refractivity contribution in [3.05, 3.63) is 47.6 Å². The van der Waals surface area contributed by atoms with Gasteiger partial charge in [0.2, 0.25) is 11.8 Å². The first-order valence-electron chi connectivity index (χ1n) is 9.05. The largest absolute Gasteiger partial charge is 0.359 e. The van der Waals surface area contributed by atoms with Crippen LogP contribution in [-0.4, -0.2) is 33.4 Å². The molecule has 26 heavy (non-hydrogen) atoms. The number of rotatable bonds is 7. The average molecular weight is 356 g/mol. The van der Waals surface area contributed by atoms with Crippen LogP contribution in [0, 0.1) is 5.92 Å².